The maximum atomic E-state index is 6.75. The van der Waals surface area contributed by atoms with Gasteiger partial charge < -0.3 is 0 Å². The van der Waals surface area contributed by atoms with Crippen molar-refractivity contribution in [3.05, 3.63) is 159 Å². The van der Waals surface area contributed by atoms with Gasteiger partial charge in [0.05, 0.1) is 0 Å². The third-order valence-electron chi connectivity index (χ3n) is 14.1. The molecule has 5 nitrogen and oxygen atoms in total. The zero-order valence-corrected chi connectivity index (χ0v) is 37.8. The number of anilines is 3. The van der Waals surface area contributed by atoms with Crippen LogP contribution in [0.3, 0.4) is 0 Å². The van der Waals surface area contributed by atoms with Gasteiger partial charge in [0.25, 0.3) is 0 Å². The Morgan fingerprint density at radius 2 is 1.26 bits per heavy atom. The molecule has 0 amide bonds. The molecule has 0 spiro atoms. The van der Waals surface area contributed by atoms with Crippen molar-refractivity contribution in [1.82, 2.24) is 14.1 Å². The van der Waals surface area contributed by atoms with E-state index in [1.165, 1.54) is 27.8 Å². The van der Waals surface area contributed by atoms with E-state index in [0.29, 0.717) is 11.5 Å². The van der Waals surface area contributed by atoms with Gasteiger partial charge in [0, 0.05) is 6.20 Å². The van der Waals surface area contributed by atoms with Crippen LogP contribution < -0.4 is 9.64 Å². The average molecular weight is 944 g/mol. The first-order valence-electron chi connectivity index (χ1n) is 20.3. The third kappa shape index (κ3) is 5.59. The second kappa shape index (κ2) is 13.0. The number of benzene rings is 5. The summed E-state index contributed by atoms with van der Waals surface area (Å²) in [5.41, 5.74) is 12.5. The van der Waals surface area contributed by atoms with Gasteiger partial charge in [0.2, 0.25) is 0 Å². The van der Waals surface area contributed by atoms with Gasteiger partial charge in [-0.25, -0.2) is 0 Å². The minimum atomic E-state index is -0.313. The molecule has 0 unspecified atom stereocenters. The van der Waals surface area contributed by atoms with Crippen molar-refractivity contribution in [2.75, 3.05) is 4.90 Å². The van der Waals surface area contributed by atoms with Crippen LogP contribution in [0.2, 0.25) is 0 Å². The number of para-hydroxylation sites is 3. The molecule has 0 bridgehead atoms. The summed E-state index contributed by atoms with van der Waals surface area (Å²) in [6, 6.07) is 46.2. The van der Waals surface area contributed by atoms with Gasteiger partial charge in [0.15, 0.2) is 0 Å². The van der Waals surface area contributed by atoms with Crippen molar-refractivity contribution in [3.8, 4) is 22.9 Å². The number of fused-ring (bicyclic) bond motifs is 4. The summed E-state index contributed by atoms with van der Waals surface area (Å²) >= 11 is 2.42. The van der Waals surface area contributed by atoms with Gasteiger partial charge in [-0.05, 0) is 44.4 Å². The molecule has 0 fully saturated rings. The number of rotatable bonds is 5. The molecule has 1 aliphatic carbocycles. The predicted octanol–water partition coefficient (Wildman–Crippen LogP) is 13.3. The fraction of sp³-hybridized carbons (Fsp3) is 0.308. The van der Waals surface area contributed by atoms with Crippen molar-refractivity contribution in [2.24, 2.45) is 5.41 Å². The molecule has 9 rings (SSSR count). The first-order valence-corrected chi connectivity index (χ1v) is 21.4. The van der Waals surface area contributed by atoms with Crippen molar-refractivity contribution < 1.29 is 24.1 Å². The van der Waals surface area contributed by atoms with E-state index in [4.69, 9.17) is 9.72 Å². The number of hydrogen-bond donors (Lipinski definition) is 0. The van der Waals surface area contributed by atoms with Crippen LogP contribution in [0.25, 0.3) is 22.4 Å². The molecule has 0 atom stereocenters. The predicted molar refractivity (Wildman–Crippen MR) is 233 cm³/mol. The number of hydrogen-bond acceptors (Lipinski definition) is 3. The quantitative estimate of drug-likeness (QED) is 0.161. The van der Waals surface area contributed by atoms with Crippen LogP contribution in [0.15, 0.2) is 115 Å². The Morgan fingerprint density at radius 1 is 0.621 bits per heavy atom. The molecule has 58 heavy (non-hydrogen) atoms. The van der Waals surface area contributed by atoms with Gasteiger partial charge in [-0.3, -0.25) is 0 Å². The van der Waals surface area contributed by atoms with Crippen molar-refractivity contribution in [2.45, 2.75) is 97.8 Å². The number of nitrogens with zero attached hydrogens (tertiary/aromatic N) is 4. The molecule has 7 aromatic rings. The van der Waals surface area contributed by atoms with E-state index in [0.717, 1.165) is 43.4 Å². The Bertz CT molecular complexity index is 2830. The van der Waals surface area contributed by atoms with E-state index in [-0.39, 0.29) is 27.1 Å². The summed E-state index contributed by atoms with van der Waals surface area (Å²) in [5, 5.41) is 0. The second-order valence-corrected chi connectivity index (χ2v) is 20.2. The van der Waals surface area contributed by atoms with E-state index >= 15 is 0 Å². The topological polar surface area (TPSA) is 35.2 Å². The number of imidazole rings is 1. The maximum absolute atomic E-state index is 6.75. The van der Waals surface area contributed by atoms with Gasteiger partial charge in [-0.1, -0.05) is 68.4 Å². The molecule has 2 aliphatic rings. The molecule has 298 valence electrons. The molecule has 6 heteroatoms. The minimum Gasteiger partial charge on any atom is -0.0582 e. The molecule has 0 N–H and O–H groups in total. The summed E-state index contributed by atoms with van der Waals surface area (Å²) in [5.74, 6) is 2.12. The summed E-state index contributed by atoms with van der Waals surface area (Å²) in [6.45, 7) is 26.0. The monoisotopic (exact) mass is 943 g/mol. The SMILES string of the molecule is CC(C)(C)c1ccnc(N2c3[c-]c(Oc4[c-]c(-n5[c](=[Pt])n(-c6ccccc6)c6ccccc65)ccc4)ccc3C(C)(C)c3cc4c(cc32)C(C)(C)C(C)(C)C4(C)C)c1. The fourth-order valence-electron chi connectivity index (χ4n) is 9.38. The Labute approximate surface area is 354 Å². The van der Waals surface area contributed by atoms with Gasteiger partial charge >= 0.3 is 238 Å². The van der Waals surface area contributed by atoms with E-state index in [2.05, 4.69) is 219 Å². The Balaban J connectivity index is 1.19. The molecule has 2 aromatic heterocycles. The van der Waals surface area contributed by atoms with E-state index in [1.807, 2.05) is 18.3 Å². The van der Waals surface area contributed by atoms with Gasteiger partial charge in [-0.2, -0.15) is 0 Å². The zero-order valence-electron chi connectivity index (χ0n) is 35.5. The third-order valence-corrected chi connectivity index (χ3v) is 15.1. The number of ether oxygens (including phenoxy) is 1. The van der Waals surface area contributed by atoms with Crippen molar-refractivity contribution >= 4 is 28.2 Å². The first kappa shape index (κ1) is 38.5. The fourth-order valence-corrected chi connectivity index (χ4v) is 10.5. The van der Waals surface area contributed by atoms with Crippen LogP contribution in [0.1, 0.15) is 104 Å². The van der Waals surface area contributed by atoms with Gasteiger partial charge in [0.1, 0.15) is 0 Å². The summed E-state index contributed by atoms with van der Waals surface area (Å²) in [6.07, 6.45) is 1.95. The Morgan fingerprint density at radius 3 is 1.95 bits per heavy atom. The first-order chi connectivity index (χ1) is 27.3. The Hall–Kier alpha value is -4.99. The van der Waals surface area contributed by atoms with Crippen LogP contribution in [0.4, 0.5) is 17.2 Å². The summed E-state index contributed by atoms with van der Waals surface area (Å²) in [7, 11) is 0. The number of aromatic nitrogens is 3. The van der Waals surface area contributed by atoms with Crippen LogP contribution >= 0.6 is 0 Å². The second-order valence-electron chi connectivity index (χ2n) is 19.2. The molecular weight excluding hydrogens is 892 g/mol. The molecule has 0 radical (unpaired) electrons. The van der Waals surface area contributed by atoms with Crippen molar-refractivity contribution in [1.29, 1.82) is 0 Å². The molecule has 3 heterocycles. The van der Waals surface area contributed by atoms with E-state index in [9.17, 15) is 0 Å². The van der Waals surface area contributed by atoms with Crippen LogP contribution in [0, 0.1) is 21.4 Å². The van der Waals surface area contributed by atoms with Crippen LogP contribution in [-0.4, -0.2) is 14.1 Å². The zero-order chi connectivity index (χ0) is 41.2. The summed E-state index contributed by atoms with van der Waals surface area (Å²) in [4.78, 5) is 7.42. The number of pyridine rings is 1. The average Bonchev–Trinajstić information content (AvgIpc) is 3.53. The smallest absolute Gasteiger partial charge is 0.0582 e. The van der Waals surface area contributed by atoms with Crippen LogP contribution in [0.5, 0.6) is 11.5 Å². The molecule has 5 aromatic carbocycles. The molecule has 0 saturated heterocycles. The van der Waals surface area contributed by atoms with Gasteiger partial charge in [-0.15, -0.1) is 0 Å². The van der Waals surface area contributed by atoms with Crippen LogP contribution in [-0.2, 0) is 41.0 Å². The summed E-state index contributed by atoms with van der Waals surface area (Å²) < 4.78 is 12.3. The molecular formula is C52H52N4OPt-2. The van der Waals surface area contributed by atoms with E-state index < -0.39 is 0 Å². The van der Waals surface area contributed by atoms with E-state index in [1.54, 1.807) is 0 Å². The standard InChI is InChI=1S/C52H52N4O.Pt/c1-48(2,3)34-26-27-53-47(28-34)56-45-30-38(24-25-39(45)49(4,5)42-31-40-41(32-46(42)56)51(8,9)52(10,11)50(40,6)7)57-37-21-17-20-36(29-37)55-33-54(35-18-13-12-14-19-35)43-22-15-16-23-44(43)55;/h12-28,31-32H,1-11H3;/q-2;. The van der Waals surface area contributed by atoms with Crippen molar-refractivity contribution in [3.63, 3.8) is 0 Å². The Kier molecular flexibility index (Phi) is 8.64. The minimum absolute atomic E-state index is 0.0197. The molecule has 1 aliphatic heterocycles. The normalized spacial score (nSPS) is 17.2. The molecule has 0 saturated carbocycles.